The third-order valence-electron chi connectivity index (χ3n) is 7.33. The summed E-state index contributed by atoms with van der Waals surface area (Å²) >= 11 is 3.58. The first-order valence-electron chi connectivity index (χ1n) is 11.9. The van der Waals surface area contributed by atoms with Crippen molar-refractivity contribution in [2.24, 2.45) is 0 Å². The van der Waals surface area contributed by atoms with Crippen LogP contribution < -0.4 is 0 Å². The highest BCUT2D eigenvalue weighted by Crippen LogP contribution is 2.50. The van der Waals surface area contributed by atoms with Gasteiger partial charge in [-0.1, -0.05) is 79.2 Å². The van der Waals surface area contributed by atoms with Gasteiger partial charge in [-0.15, -0.1) is 0 Å². The van der Waals surface area contributed by atoms with Crippen LogP contribution in [0, 0.1) is 0 Å². The topological polar surface area (TPSA) is 59.1 Å². The number of ether oxygens (including phenoxy) is 1. The SMILES string of the molecule is COC(=O)C1=C(O[Si](C)(C)C(C)(C)C)N2C(=O)C[C@H](c3ccccc3)N2[C@H](c2cccc(Br)c2)C1. The van der Waals surface area contributed by atoms with Gasteiger partial charge in [0.2, 0.25) is 11.8 Å². The van der Waals surface area contributed by atoms with Crippen molar-refractivity contribution in [2.75, 3.05) is 7.11 Å². The molecule has 0 aliphatic carbocycles. The molecule has 0 N–H and O–H groups in total. The molecule has 2 aromatic carbocycles. The van der Waals surface area contributed by atoms with Gasteiger partial charge in [0, 0.05) is 10.9 Å². The Hall–Kier alpha value is -2.42. The number of hydrogen-bond acceptors (Lipinski definition) is 5. The van der Waals surface area contributed by atoms with E-state index in [-0.39, 0.29) is 23.0 Å². The van der Waals surface area contributed by atoms with Gasteiger partial charge in [0.05, 0.1) is 31.2 Å². The summed E-state index contributed by atoms with van der Waals surface area (Å²) in [5.41, 5.74) is 2.46. The van der Waals surface area contributed by atoms with E-state index < -0.39 is 14.3 Å². The number of esters is 1. The summed E-state index contributed by atoms with van der Waals surface area (Å²) in [7, 11) is -1.01. The highest BCUT2D eigenvalue weighted by atomic mass is 79.9. The lowest BCUT2D eigenvalue weighted by Gasteiger charge is -2.47. The smallest absolute Gasteiger partial charge is 0.339 e. The second-order valence-corrected chi connectivity index (χ2v) is 16.3. The Morgan fingerprint density at radius 2 is 1.63 bits per heavy atom. The highest BCUT2D eigenvalue weighted by molar-refractivity contribution is 9.10. The van der Waals surface area contributed by atoms with E-state index >= 15 is 0 Å². The molecule has 2 atom stereocenters. The zero-order chi connectivity index (χ0) is 25.5. The van der Waals surface area contributed by atoms with Crippen LogP contribution in [-0.2, 0) is 18.8 Å². The largest absolute Gasteiger partial charge is 0.530 e. The molecular formula is C27H33BrN2O4Si. The fourth-order valence-electron chi connectivity index (χ4n) is 4.41. The monoisotopic (exact) mass is 556 g/mol. The Balaban J connectivity index is 1.92. The second kappa shape index (κ2) is 9.56. The lowest BCUT2D eigenvalue weighted by atomic mass is 9.94. The van der Waals surface area contributed by atoms with Crippen molar-refractivity contribution >= 4 is 36.1 Å². The van der Waals surface area contributed by atoms with E-state index in [0.717, 1.165) is 15.6 Å². The van der Waals surface area contributed by atoms with Gasteiger partial charge < -0.3 is 9.16 Å². The predicted molar refractivity (Wildman–Crippen MR) is 141 cm³/mol. The number of hydrazine groups is 1. The lowest BCUT2D eigenvalue weighted by molar-refractivity contribution is -0.148. The number of fused-ring (bicyclic) bond motifs is 1. The first-order valence-corrected chi connectivity index (χ1v) is 15.6. The summed E-state index contributed by atoms with van der Waals surface area (Å²) in [6.07, 6.45) is 0.674. The average molecular weight is 558 g/mol. The van der Waals surface area contributed by atoms with Gasteiger partial charge >= 0.3 is 5.97 Å². The minimum absolute atomic E-state index is 0.0892. The molecule has 4 rings (SSSR count). The molecule has 6 nitrogen and oxygen atoms in total. The van der Waals surface area contributed by atoms with Crippen LogP contribution in [0.2, 0.25) is 18.1 Å². The molecule has 0 spiro atoms. The van der Waals surface area contributed by atoms with Gasteiger partial charge in [0.1, 0.15) is 0 Å². The summed E-state index contributed by atoms with van der Waals surface area (Å²) in [6.45, 7) is 10.7. The zero-order valence-corrected chi connectivity index (χ0v) is 23.8. The van der Waals surface area contributed by atoms with Crippen LogP contribution in [-0.4, -0.2) is 37.3 Å². The van der Waals surface area contributed by atoms with E-state index in [1.54, 1.807) is 5.01 Å². The van der Waals surface area contributed by atoms with E-state index in [1.165, 1.54) is 7.11 Å². The van der Waals surface area contributed by atoms with Crippen LogP contribution in [0.4, 0.5) is 0 Å². The Bertz CT molecular complexity index is 1160. The van der Waals surface area contributed by atoms with Crippen molar-refractivity contribution in [3.05, 3.63) is 81.7 Å². The second-order valence-electron chi connectivity index (χ2n) is 10.6. The number of amides is 1. The number of halogens is 1. The molecular weight excluding hydrogens is 524 g/mol. The van der Waals surface area contributed by atoms with Crippen molar-refractivity contribution in [1.82, 2.24) is 10.0 Å². The Morgan fingerprint density at radius 3 is 2.23 bits per heavy atom. The van der Waals surface area contributed by atoms with Gasteiger partial charge in [0.15, 0.2) is 0 Å². The summed E-state index contributed by atoms with van der Waals surface area (Å²) in [6, 6.07) is 17.7. The minimum atomic E-state index is -2.39. The zero-order valence-electron chi connectivity index (χ0n) is 21.2. The van der Waals surface area contributed by atoms with Gasteiger partial charge in [-0.05, 0) is 41.4 Å². The van der Waals surface area contributed by atoms with Crippen molar-refractivity contribution in [3.8, 4) is 0 Å². The molecule has 1 saturated heterocycles. The normalized spacial score (nSPS) is 21.2. The molecule has 0 saturated carbocycles. The van der Waals surface area contributed by atoms with Gasteiger partial charge in [-0.2, -0.15) is 5.01 Å². The Kier molecular flexibility index (Phi) is 7.01. The summed E-state index contributed by atoms with van der Waals surface area (Å²) in [5, 5.41) is 3.61. The summed E-state index contributed by atoms with van der Waals surface area (Å²) < 4.78 is 12.9. The molecule has 8 heteroatoms. The maximum atomic E-state index is 13.7. The van der Waals surface area contributed by atoms with Crippen LogP contribution in [0.3, 0.4) is 0 Å². The van der Waals surface area contributed by atoms with Gasteiger partial charge in [-0.3, -0.25) is 4.79 Å². The van der Waals surface area contributed by atoms with Crippen molar-refractivity contribution in [2.45, 2.75) is 63.8 Å². The number of carbonyl (C=O) groups is 2. The number of nitrogens with zero attached hydrogens (tertiary/aromatic N) is 2. The first kappa shape index (κ1) is 25.7. The van der Waals surface area contributed by atoms with Crippen molar-refractivity contribution in [3.63, 3.8) is 0 Å². The maximum Gasteiger partial charge on any atom is 0.339 e. The number of benzene rings is 2. The fraction of sp³-hybridized carbons (Fsp3) is 0.407. The van der Waals surface area contributed by atoms with Crippen LogP contribution in [0.5, 0.6) is 0 Å². The van der Waals surface area contributed by atoms with Gasteiger partial charge in [-0.25, -0.2) is 9.80 Å². The molecule has 0 unspecified atom stereocenters. The molecule has 1 amide bonds. The molecule has 1 fully saturated rings. The molecule has 0 radical (unpaired) electrons. The van der Waals surface area contributed by atoms with Crippen LogP contribution in [0.15, 0.2) is 70.5 Å². The van der Waals surface area contributed by atoms with Crippen LogP contribution in [0.1, 0.15) is 56.8 Å². The lowest BCUT2D eigenvalue weighted by Crippen LogP contribution is -2.51. The quantitative estimate of drug-likeness (QED) is 0.311. The molecule has 2 heterocycles. The minimum Gasteiger partial charge on any atom is -0.530 e. The Morgan fingerprint density at radius 1 is 1.00 bits per heavy atom. The molecule has 2 aromatic rings. The highest BCUT2D eigenvalue weighted by Gasteiger charge is 2.52. The molecule has 0 bridgehead atoms. The van der Waals surface area contributed by atoms with E-state index in [1.807, 2.05) is 54.6 Å². The standard InChI is InChI=1S/C27H33BrN2O4Si/c1-27(2,3)35(5,6)34-25-21(26(32)33-4)16-22(19-13-10-14-20(28)15-19)29-23(17-24(31)30(25)29)18-11-8-7-9-12-18/h7-15,22-23H,16-17H2,1-6H3/t22-,23+/m0/s1. The molecule has 35 heavy (non-hydrogen) atoms. The molecule has 2 aliphatic heterocycles. The van der Waals surface area contributed by atoms with Crippen molar-refractivity contribution in [1.29, 1.82) is 0 Å². The average Bonchev–Trinajstić information content (AvgIpc) is 3.16. The maximum absolute atomic E-state index is 13.7. The third-order valence-corrected chi connectivity index (χ3v) is 12.1. The fourth-order valence-corrected chi connectivity index (χ4v) is 5.83. The van der Waals surface area contributed by atoms with Gasteiger partial charge in [0.25, 0.3) is 8.32 Å². The third kappa shape index (κ3) is 4.84. The summed E-state index contributed by atoms with van der Waals surface area (Å²) in [4.78, 5) is 26.8. The molecule has 186 valence electrons. The predicted octanol–water partition coefficient (Wildman–Crippen LogP) is 6.49. The number of carbonyl (C=O) groups excluding carboxylic acids is 2. The number of hydrogen-bond donors (Lipinski definition) is 0. The van der Waals surface area contributed by atoms with E-state index in [2.05, 4.69) is 54.8 Å². The number of methoxy groups -OCH3 is 1. The number of rotatable bonds is 5. The van der Waals surface area contributed by atoms with Crippen molar-refractivity contribution < 1.29 is 18.8 Å². The molecule has 2 aliphatic rings. The van der Waals surface area contributed by atoms with E-state index in [4.69, 9.17) is 9.16 Å². The van der Waals surface area contributed by atoms with E-state index in [9.17, 15) is 9.59 Å². The Labute approximate surface area is 217 Å². The van der Waals surface area contributed by atoms with Crippen LogP contribution >= 0.6 is 15.9 Å². The summed E-state index contributed by atoms with van der Waals surface area (Å²) in [5.74, 6) is -0.221. The molecule has 0 aromatic heterocycles. The van der Waals surface area contributed by atoms with E-state index in [0.29, 0.717) is 24.3 Å². The first-order chi connectivity index (χ1) is 16.4. The van der Waals surface area contributed by atoms with Crippen LogP contribution in [0.25, 0.3) is 0 Å².